The van der Waals surface area contributed by atoms with Gasteiger partial charge in [0.05, 0.1) is 0 Å². The minimum atomic E-state index is -0.653. The van der Waals surface area contributed by atoms with Crippen molar-refractivity contribution in [2.45, 2.75) is 51.5 Å². The summed E-state index contributed by atoms with van der Waals surface area (Å²) in [5, 5.41) is 6.06. The molecule has 108 valence electrons. The van der Waals surface area contributed by atoms with E-state index in [1.54, 1.807) is 0 Å². The zero-order chi connectivity index (χ0) is 13.9. The van der Waals surface area contributed by atoms with Crippen molar-refractivity contribution in [3.8, 4) is 0 Å². The van der Waals surface area contributed by atoms with Crippen LogP contribution in [0.3, 0.4) is 0 Å². The number of rotatable bonds is 6. The molecule has 2 fully saturated rings. The van der Waals surface area contributed by atoms with Crippen LogP contribution in [0.5, 0.6) is 0 Å². The van der Waals surface area contributed by atoms with Crippen LogP contribution in [0.1, 0.15) is 46.0 Å². The number of carbonyl (C=O) groups excluding carboxylic acids is 2. The molecule has 5 heteroatoms. The molecule has 2 rings (SSSR count). The van der Waals surface area contributed by atoms with Gasteiger partial charge in [0.15, 0.2) is 0 Å². The number of hydrogen-bond acceptors (Lipinski definition) is 3. The highest BCUT2D eigenvalue weighted by Gasteiger charge is 2.52. The van der Waals surface area contributed by atoms with Crippen LogP contribution in [-0.2, 0) is 4.79 Å². The summed E-state index contributed by atoms with van der Waals surface area (Å²) in [5.41, 5.74) is -0.653. The second kappa shape index (κ2) is 5.90. The maximum Gasteiger partial charge on any atom is 0.325 e. The lowest BCUT2D eigenvalue weighted by Crippen LogP contribution is -2.48. The van der Waals surface area contributed by atoms with Crippen molar-refractivity contribution < 1.29 is 9.59 Å². The number of unbranched alkanes of at least 4 members (excludes halogenated alkanes) is 1. The first-order chi connectivity index (χ1) is 9.13. The van der Waals surface area contributed by atoms with Crippen molar-refractivity contribution in [2.24, 2.45) is 5.92 Å². The predicted molar refractivity (Wildman–Crippen MR) is 73.8 cm³/mol. The fraction of sp³-hybridized carbons (Fsp3) is 0.857. The van der Waals surface area contributed by atoms with Gasteiger partial charge in [-0.3, -0.25) is 9.69 Å². The molecule has 2 saturated heterocycles. The van der Waals surface area contributed by atoms with Gasteiger partial charge in [0.25, 0.3) is 5.91 Å². The summed E-state index contributed by atoms with van der Waals surface area (Å²) in [4.78, 5) is 25.9. The predicted octanol–water partition coefficient (Wildman–Crippen LogP) is 1.49. The van der Waals surface area contributed by atoms with E-state index in [1.807, 2.05) is 0 Å². The molecule has 2 heterocycles. The van der Waals surface area contributed by atoms with E-state index in [0.29, 0.717) is 25.4 Å². The van der Waals surface area contributed by atoms with Crippen molar-refractivity contribution in [1.82, 2.24) is 15.5 Å². The number of nitrogens with one attached hydrogen (secondary N) is 2. The zero-order valence-electron chi connectivity index (χ0n) is 12.0. The smallest absolute Gasteiger partial charge is 0.322 e. The number of imide groups is 1. The molecule has 2 aliphatic heterocycles. The van der Waals surface area contributed by atoms with Crippen molar-refractivity contribution in [2.75, 3.05) is 19.6 Å². The van der Waals surface area contributed by atoms with Gasteiger partial charge >= 0.3 is 6.03 Å². The van der Waals surface area contributed by atoms with Crippen molar-refractivity contribution in [3.05, 3.63) is 0 Å². The Balaban J connectivity index is 1.99. The summed E-state index contributed by atoms with van der Waals surface area (Å²) in [7, 11) is 0. The van der Waals surface area contributed by atoms with Crippen LogP contribution in [0.4, 0.5) is 4.79 Å². The molecule has 0 bridgehead atoms. The highest BCUT2D eigenvalue weighted by molar-refractivity contribution is 6.07. The molecule has 3 amide bonds. The SMILES string of the molecule is CCCCC(CC)CN1C(=O)NC2(CCNC2)C1=O. The van der Waals surface area contributed by atoms with Gasteiger partial charge in [-0.05, 0) is 25.3 Å². The normalized spacial score (nSPS) is 28.2. The maximum atomic E-state index is 12.5. The first-order valence-corrected chi connectivity index (χ1v) is 7.47. The summed E-state index contributed by atoms with van der Waals surface area (Å²) in [6.07, 6.45) is 5.14. The Morgan fingerprint density at radius 2 is 2.16 bits per heavy atom. The fourth-order valence-corrected chi connectivity index (χ4v) is 3.00. The van der Waals surface area contributed by atoms with E-state index in [1.165, 1.54) is 4.90 Å². The fourth-order valence-electron chi connectivity index (χ4n) is 3.00. The van der Waals surface area contributed by atoms with Gasteiger partial charge in [-0.1, -0.05) is 33.1 Å². The molecule has 0 saturated carbocycles. The summed E-state index contributed by atoms with van der Waals surface area (Å²) >= 11 is 0. The lowest BCUT2D eigenvalue weighted by molar-refractivity contribution is -0.131. The third-order valence-electron chi connectivity index (χ3n) is 4.39. The largest absolute Gasteiger partial charge is 0.325 e. The highest BCUT2D eigenvalue weighted by Crippen LogP contribution is 2.26. The van der Waals surface area contributed by atoms with Crippen molar-refractivity contribution >= 4 is 11.9 Å². The Hall–Kier alpha value is -1.10. The zero-order valence-corrected chi connectivity index (χ0v) is 12.0. The van der Waals surface area contributed by atoms with Gasteiger partial charge < -0.3 is 10.6 Å². The molecule has 2 unspecified atom stereocenters. The van der Waals surface area contributed by atoms with Gasteiger partial charge in [0, 0.05) is 13.1 Å². The summed E-state index contributed by atoms with van der Waals surface area (Å²) < 4.78 is 0. The molecule has 0 aromatic carbocycles. The van der Waals surface area contributed by atoms with E-state index >= 15 is 0 Å². The molecule has 1 spiro atoms. The monoisotopic (exact) mass is 267 g/mol. The summed E-state index contributed by atoms with van der Waals surface area (Å²) in [6, 6.07) is -0.205. The topological polar surface area (TPSA) is 61.4 Å². The molecule has 2 atom stereocenters. The van der Waals surface area contributed by atoms with Crippen LogP contribution in [0, 0.1) is 5.92 Å². The third-order valence-corrected chi connectivity index (χ3v) is 4.39. The van der Waals surface area contributed by atoms with Crippen molar-refractivity contribution in [1.29, 1.82) is 0 Å². The van der Waals surface area contributed by atoms with Gasteiger partial charge in [-0.25, -0.2) is 4.79 Å². The number of urea groups is 1. The average Bonchev–Trinajstić information content (AvgIpc) is 2.95. The first-order valence-electron chi connectivity index (χ1n) is 7.47. The molecule has 0 radical (unpaired) electrons. The van der Waals surface area contributed by atoms with Crippen LogP contribution in [0.25, 0.3) is 0 Å². The van der Waals surface area contributed by atoms with Gasteiger partial charge in [-0.15, -0.1) is 0 Å². The lowest BCUT2D eigenvalue weighted by Gasteiger charge is -2.22. The molecule has 2 aliphatic rings. The van der Waals surface area contributed by atoms with Gasteiger partial charge in [0.2, 0.25) is 0 Å². The second-order valence-electron chi connectivity index (χ2n) is 5.77. The maximum absolute atomic E-state index is 12.5. The quantitative estimate of drug-likeness (QED) is 0.717. The Morgan fingerprint density at radius 3 is 2.74 bits per heavy atom. The molecular weight excluding hydrogens is 242 g/mol. The molecular formula is C14H25N3O2. The Morgan fingerprint density at radius 1 is 1.37 bits per heavy atom. The Bertz CT molecular complexity index is 351. The third kappa shape index (κ3) is 2.76. The van der Waals surface area contributed by atoms with Crippen LogP contribution >= 0.6 is 0 Å². The molecule has 2 N–H and O–H groups in total. The molecule has 5 nitrogen and oxygen atoms in total. The first kappa shape index (κ1) is 14.3. The van der Waals surface area contributed by atoms with Gasteiger partial charge in [-0.2, -0.15) is 0 Å². The minimum Gasteiger partial charge on any atom is -0.322 e. The molecule has 0 aliphatic carbocycles. The van der Waals surface area contributed by atoms with E-state index < -0.39 is 5.54 Å². The summed E-state index contributed by atoms with van der Waals surface area (Å²) in [5.74, 6) is 0.400. The number of hydrogen-bond donors (Lipinski definition) is 2. The van der Waals surface area contributed by atoms with Crippen LogP contribution < -0.4 is 10.6 Å². The van der Waals surface area contributed by atoms with Crippen LogP contribution in [0.2, 0.25) is 0 Å². The lowest BCUT2D eigenvalue weighted by atomic mass is 9.96. The van der Waals surface area contributed by atoms with Crippen molar-refractivity contribution in [3.63, 3.8) is 0 Å². The van der Waals surface area contributed by atoms with E-state index in [9.17, 15) is 9.59 Å². The average molecular weight is 267 g/mol. The Labute approximate surface area is 115 Å². The van der Waals surface area contributed by atoms with Crippen LogP contribution in [0.15, 0.2) is 0 Å². The number of carbonyl (C=O) groups is 2. The minimum absolute atomic E-state index is 0.0301. The highest BCUT2D eigenvalue weighted by atomic mass is 16.2. The molecule has 19 heavy (non-hydrogen) atoms. The van der Waals surface area contributed by atoms with E-state index in [4.69, 9.17) is 0 Å². The van der Waals surface area contributed by atoms with Crippen LogP contribution in [-0.4, -0.2) is 42.0 Å². The standard InChI is InChI=1S/C14H25N3O2/c1-3-5-6-11(4-2)9-17-12(18)14(16-13(17)19)7-8-15-10-14/h11,15H,3-10H2,1-2H3,(H,16,19). The Kier molecular flexibility index (Phi) is 4.45. The van der Waals surface area contributed by atoms with E-state index in [2.05, 4.69) is 24.5 Å². The van der Waals surface area contributed by atoms with E-state index in [0.717, 1.165) is 32.2 Å². The molecule has 0 aromatic heterocycles. The number of nitrogens with zero attached hydrogens (tertiary/aromatic N) is 1. The number of amides is 3. The summed E-state index contributed by atoms with van der Waals surface area (Å²) in [6.45, 7) is 6.24. The molecule has 0 aromatic rings. The second-order valence-corrected chi connectivity index (χ2v) is 5.77. The van der Waals surface area contributed by atoms with Gasteiger partial charge in [0.1, 0.15) is 5.54 Å². The van der Waals surface area contributed by atoms with E-state index in [-0.39, 0.29) is 11.9 Å².